The highest BCUT2D eigenvalue weighted by Gasteiger charge is 2.06. The van der Waals surface area contributed by atoms with Gasteiger partial charge in [-0.1, -0.05) is 28.1 Å². The maximum absolute atomic E-state index is 12.0. The Morgan fingerprint density at radius 1 is 1.30 bits per heavy atom. The van der Waals surface area contributed by atoms with Crippen molar-refractivity contribution < 1.29 is 9.53 Å². The van der Waals surface area contributed by atoms with Crippen LogP contribution in [0.15, 0.2) is 48.8 Å². The Labute approximate surface area is 126 Å². The van der Waals surface area contributed by atoms with Gasteiger partial charge in [-0.3, -0.25) is 9.78 Å². The Hall–Kier alpha value is -1.88. The highest BCUT2D eigenvalue weighted by molar-refractivity contribution is 9.09. The molecular formula is C15H15BrN2O2. The number of hydrogen-bond acceptors (Lipinski definition) is 3. The zero-order valence-corrected chi connectivity index (χ0v) is 12.5. The molecule has 0 unspecified atom stereocenters. The molecule has 4 nitrogen and oxygen atoms in total. The first-order valence-corrected chi connectivity index (χ1v) is 7.37. The van der Waals surface area contributed by atoms with E-state index in [0.29, 0.717) is 24.5 Å². The van der Waals surface area contributed by atoms with E-state index in [4.69, 9.17) is 4.74 Å². The molecule has 0 aliphatic rings. The van der Waals surface area contributed by atoms with Crippen LogP contribution in [0.1, 0.15) is 15.9 Å². The topological polar surface area (TPSA) is 51.2 Å². The summed E-state index contributed by atoms with van der Waals surface area (Å²) in [5.41, 5.74) is 1.55. The summed E-state index contributed by atoms with van der Waals surface area (Å²) < 4.78 is 5.47. The number of pyridine rings is 1. The van der Waals surface area contributed by atoms with Crippen molar-refractivity contribution in [2.75, 3.05) is 11.9 Å². The number of halogens is 1. The van der Waals surface area contributed by atoms with E-state index in [2.05, 4.69) is 26.2 Å². The molecule has 0 fully saturated rings. The third-order valence-electron chi connectivity index (χ3n) is 2.62. The van der Waals surface area contributed by atoms with Crippen LogP contribution in [-0.4, -0.2) is 22.8 Å². The molecule has 2 aromatic rings. The molecule has 1 aromatic heterocycles. The number of alkyl halides is 1. The zero-order chi connectivity index (χ0) is 14.2. The van der Waals surface area contributed by atoms with Crippen molar-refractivity contribution in [3.8, 4) is 5.75 Å². The van der Waals surface area contributed by atoms with Gasteiger partial charge in [0.15, 0.2) is 0 Å². The number of aromatic nitrogens is 1. The average molecular weight is 335 g/mol. The maximum Gasteiger partial charge on any atom is 0.251 e. The van der Waals surface area contributed by atoms with Crippen molar-refractivity contribution in [2.24, 2.45) is 0 Å². The van der Waals surface area contributed by atoms with Gasteiger partial charge in [0.2, 0.25) is 0 Å². The Kier molecular flexibility index (Phi) is 5.55. The summed E-state index contributed by atoms with van der Waals surface area (Å²) in [4.78, 5) is 16.1. The summed E-state index contributed by atoms with van der Waals surface area (Å²) in [6.45, 7) is 1.03. The first-order chi connectivity index (χ1) is 9.79. The molecule has 20 heavy (non-hydrogen) atoms. The van der Waals surface area contributed by atoms with E-state index in [0.717, 1.165) is 10.9 Å². The molecule has 0 atom stereocenters. The first-order valence-electron chi connectivity index (χ1n) is 6.25. The molecule has 1 N–H and O–H groups in total. The van der Waals surface area contributed by atoms with E-state index in [-0.39, 0.29) is 5.91 Å². The summed E-state index contributed by atoms with van der Waals surface area (Å²) in [6, 6.07) is 10.9. The Bertz CT molecular complexity index is 561. The molecule has 0 radical (unpaired) electrons. The van der Waals surface area contributed by atoms with E-state index in [1.54, 1.807) is 24.5 Å². The van der Waals surface area contributed by atoms with Gasteiger partial charge in [0.05, 0.1) is 6.61 Å². The molecule has 0 bridgehead atoms. The number of rotatable bonds is 6. The van der Waals surface area contributed by atoms with Crippen molar-refractivity contribution in [1.82, 2.24) is 10.3 Å². The van der Waals surface area contributed by atoms with Gasteiger partial charge in [-0.15, -0.1) is 0 Å². The third-order valence-corrected chi connectivity index (χ3v) is 2.94. The van der Waals surface area contributed by atoms with Crippen molar-refractivity contribution in [3.05, 3.63) is 59.9 Å². The van der Waals surface area contributed by atoms with Crippen molar-refractivity contribution in [1.29, 1.82) is 0 Å². The van der Waals surface area contributed by atoms with Crippen LogP contribution in [0.5, 0.6) is 5.75 Å². The fourth-order valence-electron chi connectivity index (χ4n) is 1.67. The second kappa shape index (κ2) is 7.65. The number of carbonyl (C=O) groups is 1. The average Bonchev–Trinajstić information content (AvgIpc) is 2.52. The minimum Gasteiger partial charge on any atom is -0.493 e. The predicted octanol–water partition coefficient (Wildman–Crippen LogP) is 2.79. The number of nitrogens with zero attached hydrogens (tertiary/aromatic N) is 1. The first kappa shape index (κ1) is 14.5. The highest BCUT2D eigenvalue weighted by atomic mass is 79.9. The second-order valence-corrected chi connectivity index (χ2v) is 4.90. The van der Waals surface area contributed by atoms with Crippen LogP contribution in [0.25, 0.3) is 0 Å². The van der Waals surface area contributed by atoms with E-state index in [1.165, 1.54) is 0 Å². The van der Waals surface area contributed by atoms with Gasteiger partial charge in [0.1, 0.15) is 5.75 Å². The quantitative estimate of drug-likeness (QED) is 0.826. The normalized spacial score (nSPS) is 10.1. The van der Waals surface area contributed by atoms with E-state index < -0.39 is 0 Å². The molecule has 0 saturated carbocycles. The molecule has 5 heteroatoms. The van der Waals surface area contributed by atoms with Gasteiger partial charge in [-0.25, -0.2) is 0 Å². The van der Waals surface area contributed by atoms with Crippen LogP contribution in [0.2, 0.25) is 0 Å². The smallest absolute Gasteiger partial charge is 0.251 e. The van der Waals surface area contributed by atoms with Gasteiger partial charge >= 0.3 is 0 Å². The monoisotopic (exact) mass is 334 g/mol. The molecule has 0 aliphatic carbocycles. The fourth-order valence-corrected chi connectivity index (χ4v) is 1.83. The maximum atomic E-state index is 12.0. The minimum atomic E-state index is -0.127. The molecule has 0 spiro atoms. The number of benzene rings is 1. The van der Waals surface area contributed by atoms with Crippen molar-refractivity contribution in [3.63, 3.8) is 0 Å². The molecule has 0 aliphatic heterocycles. The lowest BCUT2D eigenvalue weighted by Crippen LogP contribution is -2.22. The second-order valence-electron chi connectivity index (χ2n) is 4.11. The van der Waals surface area contributed by atoms with Crippen molar-refractivity contribution >= 4 is 21.8 Å². The lowest BCUT2D eigenvalue weighted by Gasteiger charge is -2.08. The SMILES string of the molecule is O=C(NCc1cccnc1)c1cccc(OCCBr)c1. The predicted molar refractivity (Wildman–Crippen MR) is 81.1 cm³/mol. The summed E-state index contributed by atoms with van der Waals surface area (Å²) >= 11 is 3.29. The van der Waals surface area contributed by atoms with Crippen LogP contribution in [-0.2, 0) is 6.54 Å². The van der Waals surface area contributed by atoms with Crippen LogP contribution in [0, 0.1) is 0 Å². The van der Waals surface area contributed by atoms with Gasteiger partial charge in [-0.05, 0) is 29.8 Å². The number of hydrogen-bond donors (Lipinski definition) is 1. The van der Waals surface area contributed by atoms with Crippen molar-refractivity contribution in [2.45, 2.75) is 6.54 Å². The summed E-state index contributed by atoms with van der Waals surface area (Å²) in [7, 11) is 0. The van der Waals surface area contributed by atoms with Gasteiger partial charge in [0.25, 0.3) is 5.91 Å². The lowest BCUT2D eigenvalue weighted by molar-refractivity contribution is 0.0950. The molecule has 2 rings (SSSR count). The summed E-state index contributed by atoms with van der Waals surface area (Å²) in [5, 5.41) is 3.61. The minimum absolute atomic E-state index is 0.127. The molecule has 104 valence electrons. The van der Waals surface area contributed by atoms with E-state index in [9.17, 15) is 4.79 Å². The molecule has 1 heterocycles. The largest absolute Gasteiger partial charge is 0.493 e. The summed E-state index contributed by atoms with van der Waals surface area (Å²) in [6.07, 6.45) is 3.44. The number of ether oxygens (including phenoxy) is 1. The van der Waals surface area contributed by atoms with Crippen LogP contribution in [0.3, 0.4) is 0 Å². The van der Waals surface area contributed by atoms with Crippen LogP contribution in [0.4, 0.5) is 0 Å². The van der Waals surface area contributed by atoms with Crippen LogP contribution >= 0.6 is 15.9 Å². The number of nitrogens with one attached hydrogen (secondary N) is 1. The molecule has 0 saturated heterocycles. The zero-order valence-electron chi connectivity index (χ0n) is 10.9. The van der Waals surface area contributed by atoms with Crippen LogP contribution < -0.4 is 10.1 Å². The Balaban J connectivity index is 1.95. The highest BCUT2D eigenvalue weighted by Crippen LogP contribution is 2.13. The molecule has 1 aromatic carbocycles. The van der Waals surface area contributed by atoms with E-state index >= 15 is 0 Å². The fraction of sp³-hybridized carbons (Fsp3) is 0.200. The summed E-state index contributed by atoms with van der Waals surface area (Å²) in [5.74, 6) is 0.566. The van der Waals surface area contributed by atoms with Gasteiger partial charge in [-0.2, -0.15) is 0 Å². The third kappa shape index (κ3) is 4.35. The number of carbonyl (C=O) groups excluding carboxylic acids is 1. The van der Waals surface area contributed by atoms with E-state index in [1.807, 2.05) is 24.3 Å². The Morgan fingerprint density at radius 2 is 2.20 bits per heavy atom. The van der Waals surface area contributed by atoms with Gasteiger partial charge in [0, 0.05) is 29.8 Å². The molecule has 1 amide bonds. The Morgan fingerprint density at radius 3 is 2.95 bits per heavy atom. The number of amides is 1. The molecular weight excluding hydrogens is 320 g/mol. The van der Waals surface area contributed by atoms with Gasteiger partial charge < -0.3 is 10.1 Å². The standard InChI is InChI=1S/C15H15BrN2O2/c16-6-8-20-14-5-1-4-13(9-14)15(19)18-11-12-3-2-7-17-10-12/h1-5,7,9-10H,6,8,11H2,(H,18,19). The lowest BCUT2D eigenvalue weighted by atomic mass is 10.2.